The van der Waals surface area contributed by atoms with E-state index in [1.807, 2.05) is 32.0 Å². The monoisotopic (exact) mass is 330 g/mol. The number of carbonyl (C=O) groups is 2. The summed E-state index contributed by atoms with van der Waals surface area (Å²) < 4.78 is 5.13. The molecule has 2 amide bonds. The first-order chi connectivity index (χ1) is 11.5. The van der Waals surface area contributed by atoms with Crippen molar-refractivity contribution in [3.05, 3.63) is 35.9 Å². The molecular weight excluding hydrogens is 304 g/mol. The lowest BCUT2D eigenvalue weighted by molar-refractivity contribution is -0.134. The number of nitrogens with zero attached hydrogens (tertiary/aromatic N) is 2. The first-order valence-corrected chi connectivity index (χ1v) is 8.73. The highest BCUT2D eigenvalue weighted by molar-refractivity contribution is 5.95. The highest BCUT2D eigenvalue weighted by atomic mass is 16.6. The minimum absolute atomic E-state index is 0.0701. The first kappa shape index (κ1) is 17.0. The number of benzene rings is 1. The third-order valence-corrected chi connectivity index (χ3v) is 5.17. The van der Waals surface area contributed by atoms with Crippen molar-refractivity contribution in [2.24, 2.45) is 17.8 Å². The van der Waals surface area contributed by atoms with E-state index < -0.39 is 6.09 Å². The highest BCUT2D eigenvalue weighted by Crippen LogP contribution is 2.30. The van der Waals surface area contributed by atoms with Gasteiger partial charge in [-0.25, -0.2) is 9.69 Å². The van der Waals surface area contributed by atoms with E-state index in [1.165, 1.54) is 10.5 Å². The predicted octanol–water partition coefficient (Wildman–Crippen LogP) is 2.76. The zero-order valence-electron chi connectivity index (χ0n) is 14.6. The summed E-state index contributed by atoms with van der Waals surface area (Å²) in [5.74, 6) is 0.236. The van der Waals surface area contributed by atoms with Crippen LogP contribution in [-0.2, 0) is 16.1 Å². The Bertz CT molecular complexity index is 602. The fraction of sp³-hybridized carbons (Fsp3) is 0.579. The van der Waals surface area contributed by atoms with Crippen LogP contribution in [0.1, 0.15) is 26.3 Å². The zero-order valence-corrected chi connectivity index (χ0v) is 14.6. The summed E-state index contributed by atoms with van der Waals surface area (Å²) in [6.07, 6.45) is -0.479. The highest BCUT2D eigenvalue weighted by Gasteiger charge is 2.45. The van der Waals surface area contributed by atoms with E-state index in [1.54, 1.807) is 0 Å². The molecule has 5 heteroatoms. The molecule has 3 atom stereocenters. The number of likely N-dealkylation sites (tertiary alicyclic amines) is 1. The van der Waals surface area contributed by atoms with Crippen molar-refractivity contribution < 1.29 is 14.3 Å². The number of hydrogen-bond acceptors (Lipinski definition) is 4. The molecule has 2 saturated heterocycles. The van der Waals surface area contributed by atoms with E-state index in [2.05, 4.69) is 24.0 Å². The lowest BCUT2D eigenvalue weighted by Crippen LogP contribution is -2.46. The lowest BCUT2D eigenvalue weighted by atomic mass is 9.95. The molecule has 0 saturated carbocycles. The molecule has 0 aromatic heterocycles. The summed E-state index contributed by atoms with van der Waals surface area (Å²) in [5.41, 5.74) is 1.25. The van der Waals surface area contributed by atoms with Gasteiger partial charge in [-0.05, 0) is 17.4 Å². The van der Waals surface area contributed by atoms with Crippen LogP contribution >= 0.6 is 0 Å². The van der Waals surface area contributed by atoms with E-state index in [0.29, 0.717) is 13.2 Å². The summed E-state index contributed by atoms with van der Waals surface area (Å²) in [5, 5.41) is 0. The average molecular weight is 330 g/mol. The Labute approximate surface area is 143 Å². The Hall–Kier alpha value is -1.88. The quantitative estimate of drug-likeness (QED) is 0.852. The van der Waals surface area contributed by atoms with Gasteiger partial charge in [-0.1, -0.05) is 51.1 Å². The van der Waals surface area contributed by atoms with Crippen LogP contribution in [0.5, 0.6) is 0 Å². The van der Waals surface area contributed by atoms with Crippen molar-refractivity contribution in [2.75, 3.05) is 19.7 Å². The molecule has 24 heavy (non-hydrogen) atoms. The van der Waals surface area contributed by atoms with Gasteiger partial charge >= 0.3 is 6.09 Å². The molecule has 0 N–H and O–H groups in total. The second kappa shape index (κ2) is 6.93. The number of imide groups is 1. The average Bonchev–Trinajstić information content (AvgIpc) is 3.11. The van der Waals surface area contributed by atoms with E-state index in [-0.39, 0.29) is 29.7 Å². The molecule has 0 bridgehead atoms. The summed E-state index contributed by atoms with van der Waals surface area (Å²) in [6, 6.07) is 10.1. The van der Waals surface area contributed by atoms with Gasteiger partial charge in [0.1, 0.15) is 6.61 Å². The van der Waals surface area contributed by atoms with Gasteiger partial charge in [0.25, 0.3) is 0 Å². The van der Waals surface area contributed by atoms with Gasteiger partial charge in [-0.2, -0.15) is 0 Å². The molecule has 2 aliphatic heterocycles. The Morgan fingerprint density at radius 3 is 2.62 bits per heavy atom. The number of amides is 2. The van der Waals surface area contributed by atoms with Crippen molar-refractivity contribution >= 4 is 12.0 Å². The molecule has 3 rings (SSSR count). The van der Waals surface area contributed by atoms with Gasteiger partial charge in [-0.15, -0.1) is 0 Å². The number of hydrogen-bond donors (Lipinski definition) is 0. The molecular formula is C19H26N2O3. The Kier molecular flexibility index (Phi) is 4.90. The summed E-state index contributed by atoms with van der Waals surface area (Å²) in [7, 11) is 0. The minimum atomic E-state index is -0.479. The summed E-state index contributed by atoms with van der Waals surface area (Å²) in [4.78, 5) is 28.7. The van der Waals surface area contributed by atoms with Gasteiger partial charge in [0.05, 0.1) is 12.0 Å². The number of carbonyl (C=O) groups excluding carboxylic acids is 2. The van der Waals surface area contributed by atoms with Gasteiger partial charge in [-0.3, -0.25) is 9.69 Å². The summed E-state index contributed by atoms with van der Waals surface area (Å²) >= 11 is 0. The lowest BCUT2D eigenvalue weighted by Gasteiger charge is -2.26. The summed E-state index contributed by atoms with van der Waals surface area (Å²) in [6.45, 7) is 8.87. The largest absolute Gasteiger partial charge is 0.447 e. The van der Waals surface area contributed by atoms with Crippen molar-refractivity contribution in [3.63, 3.8) is 0 Å². The van der Waals surface area contributed by atoms with E-state index in [4.69, 9.17) is 4.74 Å². The molecule has 2 aliphatic rings. The van der Waals surface area contributed by atoms with Gasteiger partial charge in [0.15, 0.2) is 0 Å². The smallest absolute Gasteiger partial charge is 0.416 e. The topological polar surface area (TPSA) is 49.9 Å². The van der Waals surface area contributed by atoms with Gasteiger partial charge in [0.2, 0.25) is 5.91 Å². The van der Waals surface area contributed by atoms with Gasteiger partial charge in [0, 0.05) is 19.6 Å². The zero-order chi connectivity index (χ0) is 17.3. The van der Waals surface area contributed by atoms with E-state index >= 15 is 0 Å². The van der Waals surface area contributed by atoms with Crippen LogP contribution in [0.2, 0.25) is 0 Å². The Balaban J connectivity index is 1.68. The maximum absolute atomic E-state index is 13.0. The van der Waals surface area contributed by atoms with Gasteiger partial charge < -0.3 is 4.74 Å². The molecule has 0 radical (unpaired) electrons. The second-order valence-corrected chi connectivity index (χ2v) is 7.36. The molecule has 0 aliphatic carbocycles. The van der Waals surface area contributed by atoms with Crippen molar-refractivity contribution in [3.8, 4) is 0 Å². The van der Waals surface area contributed by atoms with E-state index in [0.717, 1.165) is 13.1 Å². The number of rotatable bonds is 4. The van der Waals surface area contributed by atoms with E-state index in [9.17, 15) is 9.59 Å². The first-order valence-electron chi connectivity index (χ1n) is 8.73. The second-order valence-electron chi connectivity index (χ2n) is 7.36. The Morgan fingerprint density at radius 2 is 1.96 bits per heavy atom. The van der Waals surface area contributed by atoms with Crippen LogP contribution in [0.15, 0.2) is 30.3 Å². The molecule has 1 aromatic carbocycles. The fourth-order valence-electron chi connectivity index (χ4n) is 3.72. The maximum Gasteiger partial charge on any atom is 0.416 e. The third-order valence-electron chi connectivity index (χ3n) is 5.17. The molecule has 2 heterocycles. The van der Waals surface area contributed by atoms with Crippen LogP contribution in [0.4, 0.5) is 4.79 Å². The standard InChI is InChI=1S/C19H26N2O3/c1-13(2)17-12-24-19(23)21(17)18(22)16-11-20(9-14(16)3)10-15-7-5-4-6-8-15/h4-8,13-14,16-17H,9-12H2,1-3H3/t14-,16-,17+/m1/s1. The normalized spacial score (nSPS) is 27.8. The van der Waals surface area contributed by atoms with Crippen LogP contribution < -0.4 is 0 Å². The SMILES string of the molecule is CC(C)[C@@H]1COC(=O)N1C(=O)[C@@H]1CN(Cc2ccccc2)C[C@H]1C. The molecule has 2 fully saturated rings. The predicted molar refractivity (Wildman–Crippen MR) is 91.2 cm³/mol. The van der Waals surface area contributed by atoms with Crippen LogP contribution in [0, 0.1) is 17.8 Å². The van der Waals surface area contributed by atoms with Crippen LogP contribution in [0.3, 0.4) is 0 Å². The van der Waals surface area contributed by atoms with Crippen LogP contribution in [-0.4, -0.2) is 47.5 Å². The van der Waals surface area contributed by atoms with Crippen molar-refractivity contribution in [1.29, 1.82) is 0 Å². The maximum atomic E-state index is 13.0. The van der Waals surface area contributed by atoms with Crippen LogP contribution in [0.25, 0.3) is 0 Å². The number of cyclic esters (lactones) is 1. The van der Waals surface area contributed by atoms with Crippen molar-refractivity contribution in [2.45, 2.75) is 33.4 Å². The molecule has 130 valence electrons. The molecule has 0 unspecified atom stereocenters. The fourth-order valence-corrected chi connectivity index (χ4v) is 3.72. The molecule has 1 aromatic rings. The third kappa shape index (κ3) is 3.31. The Morgan fingerprint density at radius 1 is 1.25 bits per heavy atom. The minimum Gasteiger partial charge on any atom is -0.447 e. The molecule has 5 nitrogen and oxygen atoms in total. The molecule has 0 spiro atoms. The van der Waals surface area contributed by atoms with Crippen molar-refractivity contribution in [1.82, 2.24) is 9.80 Å². The number of ether oxygens (including phenoxy) is 1.